The average Bonchev–Trinajstić information content (AvgIpc) is 2.73. The predicted molar refractivity (Wildman–Crippen MR) is 143 cm³/mol. The van der Waals surface area contributed by atoms with Gasteiger partial charge in [0.1, 0.15) is 9.84 Å². The molecule has 1 N–H and O–H groups in total. The minimum atomic E-state index is -3.49. The van der Waals surface area contributed by atoms with E-state index in [9.17, 15) is 23.1 Å². The molecule has 0 radical (unpaired) electrons. The van der Waals surface area contributed by atoms with Crippen LogP contribution < -0.4 is 0 Å². The van der Waals surface area contributed by atoms with Crippen molar-refractivity contribution in [2.45, 2.75) is 58.5 Å². The van der Waals surface area contributed by atoms with Crippen molar-refractivity contribution in [1.29, 1.82) is 0 Å². The molecule has 0 bridgehead atoms. The van der Waals surface area contributed by atoms with Crippen molar-refractivity contribution >= 4 is 44.9 Å². The summed E-state index contributed by atoms with van der Waals surface area (Å²) in [5.41, 5.74) is -0.228. The molecule has 196 valence electrons. The van der Waals surface area contributed by atoms with E-state index in [1.165, 1.54) is 0 Å². The number of piperidine rings is 1. The molecule has 1 aliphatic rings. The van der Waals surface area contributed by atoms with Crippen LogP contribution in [-0.4, -0.2) is 48.4 Å². The van der Waals surface area contributed by atoms with E-state index in [2.05, 4.69) is 0 Å². The number of nitrogens with zero attached hydrogens (tertiary/aromatic N) is 1. The van der Waals surface area contributed by atoms with Gasteiger partial charge >= 0.3 is 5.97 Å². The van der Waals surface area contributed by atoms with Crippen molar-refractivity contribution in [3.63, 3.8) is 0 Å². The second-order valence-corrected chi connectivity index (χ2v) is 14.2. The first-order chi connectivity index (χ1) is 16.5. The van der Waals surface area contributed by atoms with Crippen LogP contribution in [0, 0.1) is 10.8 Å². The molecule has 0 aliphatic carbocycles. The molecular weight excluding hydrogens is 521 g/mol. The molecule has 9 heteroatoms. The number of carbonyl (C=O) groups is 2. The highest BCUT2D eigenvalue weighted by Crippen LogP contribution is 2.53. The Hall–Kier alpha value is -2.09. The number of carboxylic acids is 1. The molecule has 1 heterocycles. The predicted octanol–water partition coefficient (Wildman–Crippen LogP) is 5.99. The molecule has 0 spiro atoms. The van der Waals surface area contributed by atoms with Gasteiger partial charge in [-0.15, -0.1) is 0 Å². The quantitative estimate of drug-likeness (QED) is 0.454. The number of carbonyl (C=O) groups excluding carboxylic acids is 1. The van der Waals surface area contributed by atoms with Gasteiger partial charge in [0, 0.05) is 22.2 Å². The molecular formula is C27H33Cl2NO5S. The molecule has 6 nitrogen and oxygen atoms in total. The Balaban J connectivity index is 2.34. The van der Waals surface area contributed by atoms with E-state index in [0.717, 1.165) is 17.4 Å². The van der Waals surface area contributed by atoms with Crippen LogP contribution >= 0.6 is 23.2 Å². The zero-order valence-electron chi connectivity index (χ0n) is 21.2. The minimum absolute atomic E-state index is 0.252. The van der Waals surface area contributed by atoms with Gasteiger partial charge in [-0.2, -0.15) is 0 Å². The zero-order chi connectivity index (χ0) is 27.1. The number of halogens is 2. The average molecular weight is 555 g/mol. The molecule has 2 aromatic carbocycles. The third-order valence-electron chi connectivity index (χ3n) is 6.93. The van der Waals surface area contributed by atoms with Crippen molar-refractivity contribution in [3.8, 4) is 0 Å². The maximum atomic E-state index is 14.3. The van der Waals surface area contributed by atoms with E-state index >= 15 is 0 Å². The monoisotopic (exact) mass is 553 g/mol. The highest BCUT2D eigenvalue weighted by molar-refractivity contribution is 7.90. The Kier molecular flexibility index (Phi) is 8.19. The van der Waals surface area contributed by atoms with Crippen LogP contribution in [-0.2, 0) is 19.4 Å². The van der Waals surface area contributed by atoms with E-state index in [1.807, 2.05) is 51.1 Å². The Labute approximate surface area is 223 Å². The number of likely N-dealkylation sites (tertiary alicyclic amines) is 1. The van der Waals surface area contributed by atoms with E-state index in [1.54, 1.807) is 30.0 Å². The number of carboxylic acid groups (broad SMARTS) is 1. The fourth-order valence-electron chi connectivity index (χ4n) is 5.26. The van der Waals surface area contributed by atoms with Crippen molar-refractivity contribution in [1.82, 2.24) is 4.90 Å². The molecule has 0 saturated carbocycles. The van der Waals surface area contributed by atoms with Gasteiger partial charge < -0.3 is 10.0 Å². The van der Waals surface area contributed by atoms with E-state index in [4.69, 9.17) is 23.2 Å². The van der Waals surface area contributed by atoms with Crippen LogP contribution in [0.2, 0.25) is 10.0 Å². The summed E-state index contributed by atoms with van der Waals surface area (Å²) >= 11 is 12.5. The van der Waals surface area contributed by atoms with E-state index < -0.39 is 38.7 Å². The molecule has 4 atom stereocenters. The van der Waals surface area contributed by atoms with Crippen LogP contribution in [0.15, 0.2) is 48.5 Å². The number of benzene rings is 2. The van der Waals surface area contributed by atoms with Gasteiger partial charge in [-0.05, 0) is 47.2 Å². The molecule has 1 saturated heterocycles. The van der Waals surface area contributed by atoms with Crippen molar-refractivity contribution in [2.75, 3.05) is 12.0 Å². The summed E-state index contributed by atoms with van der Waals surface area (Å²) in [6.45, 7) is 7.35. The van der Waals surface area contributed by atoms with Crippen LogP contribution in [0.4, 0.5) is 0 Å². The van der Waals surface area contributed by atoms with Crippen LogP contribution in [0.5, 0.6) is 0 Å². The molecule has 4 unspecified atom stereocenters. The van der Waals surface area contributed by atoms with Gasteiger partial charge in [0.25, 0.3) is 0 Å². The summed E-state index contributed by atoms with van der Waals surface area (Å²) in [6, 6.07) is 13.2. The summed E-state index contributed by atoms with van der Waals surface area (Å²) in [5.74, 6) is -2.04. The second-order valence-electron chi connectivity index (χ2n) is 11.2. The number of amides is 1. The van der Waals surface area contributed by atoms with Gasteiger partial charge in [0.2, 0.25) is 5.91 Å². The highest BCUT2D eigenvalue weighted by atomic mass is 35.5. The minimum Gasteiger partial charge on any atom is -0.481 e. The third kappa shape index (κ3) is 6.42. The molecule has 1 amide bonds. The lowest BCUT2D eigenvalue weighted by Crippen LogP contribution is -2.60. The number of hydrogen-bond donors (Lipinski definition) is 1. The van der Waals surface area contributed by atoms with Crippen molar-refractivity contribution in [2.24, 2.45) is 10.8 Å². The van der Waals surface area contributed by atoms with Gasteiger partial charge in [0.05, 0.1) is 29.7 Å². The van der Waals surface area contributed by atoms with Crippen LogP contribution in [0.3, 0.4) is 0 Å². The molecule has 2 aromatic rings. The lowest BCUT2D eigenvalue weighted by atomic mass is 9.66. The maximum absolute atomic E-state index is 14.3. The fraction of sp³-hybridized carbons (Fsp3) is 0.481. The standard InChI is InChI=1S/C27H33Cl2NO5S/c1-26(2,3)22(16-36(5,34)35)30-24(17-9-11-19(28)12-10-17)21(18-7-6-8-20(29)13-18)14-27(4,25(30)33)15-23(31)32/h6-13,21-22,24H,14-16H2,1-5H3,(H,31,32). The number of aliphatic carboxylic acids is 1. The third-order valence-corrected chi connectivity index (χ3v) is 8.34. The Morgan fingerprint density at radius 3 is 2.22 bits per heavy atom. The smallest absolute Gasteiger partial charge is 0.304 e. The molecule has 3 rings (SSSR count). The summed E-state index contributed by atoms with van der Waals surface area (Å²) in [5, 5.41) is 10.8. The normalized spacial score (nSPS) is 24.0. The number of sulfone groups is 1. The first-order valence-electron chi connectivity index (χ1n) is 11.7. The fourth-order valence-corrected chi connectivity index (χ4v) is 6.82. The molecule has 0 aromatic heterocycles. The van der Waals surface area contributed by atoms with E-state index in [0.29, 0.717) is 10.0 Å². The Bertz CT molecular complexity index is 1240. The Morgan fingerprint density at radius 2 is 1.72 bits per heavy atom. The van der Waals surface area contributed by atoms with Gasteiger partial charge in [-0.1, -0.05) is 75.2 Å². The maximum Gasteiger partial charge on any atom is 0.304 e. The largest absolute Gasteiger partial charge is 0.481 e. The topological polar surface area (TPSA) is 91.8 Å². The van der Waals surface area contributed by atoms with Gasteiger partial charge in [0.15, 0.2) is 0 Å². The summed E-state index contributed by atoms with van der Waals surface area (Å²) in [4.78, 5) is 27.8. The van der Waals surface area contributed by atoms with Gasteiger partial charge in [-0.25, -0.2) is 8.42 Å². The zero-order valence-corrected chi connectivity index (χ0v) is 23.5. The molecule has 1 fully saturated rings. The summed E-state index contributed by atoms with van der Waals surface area (Å²) in [6.07, 6.45) is 1.04. The number of hydrogen-bond acceptors (Lipinski definition) is 4. The first kappa shape index (κ1) is 28.5. The molecule has 1 aliphatic heterocycles. The number of rotatable bonds is 7. The summed E-state index contributed by atoms with van der Waals surface area (Å²) in [7, 11) is -3.49. The van der Waals surface area contributed by atoms with Crippen molar-refractivity contribution < 1.29 is 23.1 Å². The van der Waals surface area contributed by atoms with Crippen LogP contribution in [0.25, 0.3) is 0 Å². The molecule has 36 heavy (non-hydrogen) atoms. The second kappa shape index (κ2) is 10.3. The lowest BCUT2D eigenvalue weighted by molar-refractivity contribution is -0.162. The summed E-state index contributed by atoms with van der Waals surface area (Å²) < 4.78 is 25.2. The van der Waals surface area contributed by atoms with Gasteiger partial charge in [-0.3, -0.25) is 9.59 Å². The SMILES string of the molecule is CC1(CC(=O)O)CC(c2cccc(Cl)c2)C(c2ccc(Cl)cc2)N(C(CS(C)(=O)=O)C(C)(C)C)C1=O. The highest BCUT2D eigenvalue weighted by Gasteiger charge is 2.54. The van der Waals surface area contributed by atoms with Crippen LogP contribution in [0.1, 0.15) is 63.6 Å². The van der Waals surface area contributed by atoms with Crippen molar-refractivity contribution in [3.05, 3.63) is 69.7 Å². The Morgan fingerprint density at radius 1 is 1.11 bits per heavy atom. The van der Waals surface area contributed by atoms with E-state index in [-0.39, 0.29) is 30.4 Å². The first-order valence-corrected chi connectivity index (χ1v) is 14.6. The lowest BCUT2D eigenvalue weighted by Gasteiger charge is -2.54.